The zero-order valence-corrected chi connectivity index (χ0v) is 33.7. The second kappa shape index (κ2) is 23.0. The van der Waals surface area contributed by atoms with Crippen molar-refractivity contribution in [2.24, 2.45) is 27.5 Å². The van der Waals surface area contributed by atoms with E-state index in [1.165, 1.54) is 42.7 Å². The Morgan fingerprint density at radius 1 is 0.900 bits per heavy atom. The van der Waals surface area contributed by atoms with Crippen molar-refractivity contribution in [1.29, 1.82) is 0 Å². The maximum absolute atomic E-state index is 13.7. The van der Waals surface area contributed by atoms with Crippen molar-refractivity contribution in [2.45, 2.75) is 81.4 Å². The van der Waals surface area contributed by atoms with Gasteiger partial charge in [-0.3, -0.25) is 48.5 Å². The average Bonchev–Trinajstić information content (AvgIpc) is 3.18. The first-order valence-electron chi connectivity index (χ1n) is 18.7. The highest BCUT2D eigenvalue weighted by Gasteiger charge is 2.34. The Hall–Kier alpha value is -6.69. The second-order valence-electron chi connectivity index (χ2n) is 13.8. The topological polar surface area (TPSA) is 368 Å². The van der Waals surface area contributed by atoms with Gasteiger partial charge in [-0.15, -0.1) is 0 Å². The van der Waals surface area contributed by atoms with Gasteiger partial charge >= 0.3 is 5.97 Å². The van der Waals surface area contributed by atoms with E-state index in [0.717, 1.165) is 0 Å². The van der Waals surface area contributed by atoms with E-state index in [1.54, 1.807) is 19.9 Å². The summed E-state index contributed by atoms with van der Waals surface area (Å²) < 4.78 is 32.5. The van der Waals surface area contributed by atoms with Gasteiger partial charge in [-0.05, 0) is 56.2 Å². The third kappa shape index (κ3) is 15.9. The summed E-state index contributed by atoms with van der Waals surface area (Å²) >= 11 is 0. The number of hydrazone groups is 1. The quantitative estimate of drug-likeness (QED) is 0.0268. The first-order chi connectivity index (χ1) is 28.3. The number of nitrogens with two attached hydrogens (primary N) is 2. The second-order valence-corrected chi connectivity index (χ2v) is 15.2. The lowest BCUT2D eigenvalue weighted by Crippen LogP contribution is -2.59. The minimum atomic E-state index is -4.47. The standard InChI is InChI=1S/C36H50N12O11S/c1-20(2)30-35(56)46-23(10-7-15-40-36(37)38)32(53)42-19-28(49)44-25(16-29(50)51)34(55)45-24(33(54)47-30)9-5-6-14-39-31(52)22-12-13-27(41-17-22)48-43-18-21-8-3-4-11-26(21)60(57,58)59/h3-4,8,11-13,17-18,20,23-25,30H,5-7,9-10,14-16,19H2,1-2H3,(H,39,52)(H,41,48)(H,42,53)(H,44,49)(H,45,55)(H,46,56)(H,47,54)(H,50,51)(H4,37,38,40)(H,57,58,59)/b43-18+/t23-,24-,25-,30+/m0/s1. The van der Waals surface area contributed by atoms with E-state index in [2.05, 4.69) is 52.4 Å². The minimum absolute atomic E-state index is 0.0295. The fraction of sp³-hybridized carbons (Fsp3) is 0.444. The van der Waals surface area contributed by atoms with Crippen LogP contribution >= 0.6 is 0 Å². The lowest BCUT2D eigenvalue weighted by atomic mass is 10.0. The monoisotopic (exact) mass is 858 g/mol. The van der Waals surface area contributed by atoms with Crippen molar-refractivity contribution in [3.05, 3.63) is 53.7 Å². The molecule has 1 aliphatic heterocycles. The van der Waals surface area contributed by atoms with Gasteiger partial charge in [0.25, 0.3) is 16.0 Å². The number of nitrogens with zero attached hydrogens (tertiary/aromatic N) is 3. The molecule has 6 amide bonds. The Morgan fingerprint density at radius 3 is 2.22 bits per heavy atom. The summed E-state index contributed by atoms with van der Waals surface area (Å²) in [5.74, 6) is -6.55. The number of hydrogen-bond donors (Lipinski definition) is 11. The number of aromatic nitrogens is 1. The third-order valence-electron chi connectivity index (χ3n) is 8.72. The summed E-state index contributed by atoms with van der Waals surface area (Å²) in [7, 11) is -4.47. The van der Waals surface area contributed by atoms with Crippen LogP contribution in [0.25, 0.3) is 0 Å². The Kier molecular flexibility index (Phi) is 18.3. The summed E-state index contributed by atoms with van der Waals surface area (Å²) in [5.41, 5.74) is 13.6. The zero-order valence-electron chi connectivity index (χ0n) is 32.8. The number of unbranched alkanes of at least 4 members (excludes halogenated alkanes) is 1. The fourth-order valence-corrected chi connectivity index (χ4v) is 6.31. The number of aliphatic carboxylic acids is 1. The maximum Gasteiger partial charge on any atom is 0.305 e. The number of nitrogens with one attached hydrogen (secondary N) is 7. The molecule has 60 heavy (non-hydrogen) atoms. The van der Waals surface area contributed by atoms with Crippen LogP contribution in [0.5, 0.6) is 0 Å². The Morgan fingerprint density at radius 2 is 1.57 bits per heavy atom. The van der Waals surface area contributed by atoms with Gasteiger partial charge in [0.2, 0.25) is 29.5 Å². The number of anilines is 1. The number of carboxylic acids is 1. The van der Waals surface area contributed by atoms with E-state index in [9.17, 15) is 51.6 Å². The fourth-order valence-electron chi connectivity index (χ4n) is 5.65. The molecule has 23 nitrogen and oxygen atoms in total. The molecule has 2 aromatic rings. The number of rotatable bonds is 17. The molecule has 0 unspecified atom stereocenters. The van der Waals surface area contributed by atoms with E-state index in [0.29, 0.717) is 6.42 Å². The predicted molar refractivity (Wildman–Crippen MR) is 216 cm³/mol. The van der Waals surface area contributed by atoms with Crippen molar-refractivity contribution in [3.8, 4) is 0 Å². The number of guanidine groups is 1. The van der Waals surface area contributed by atoms with Gasteiger partial charge in [-0.1, -0.05) is 32.0 Å². The number of pyridine rings is 1. The van der Waals surface area contributed by atoms with Gasteiger partial charge in [0.05, 0.1) is 24.7 Å². The lowest BCUT2D eigenvalue weighted by Gasteiger charge is -2.27. The number of benzene rings is 1. The van der Waals surface area contributed by atoms with E-state index < -0.39 is 94.6 Å². The van der Waals surface area contributed by atoms with Crippen molar-refractivity contribution in [2.75, 3.05) is 25.1 Å². The first kappa shape index (κ1) is 47.7. The van der Waals surface area contributed by atoms with Gasteiger partial charge in [-0.25, -0.2) is 4.98 Å². The number of hydrogen-bond acceptors (Lipinski definition) is 13. The number of carbonyl (C=O) groups is 7. The minimum Gasteiger partial charge on any atom is -0.481 e. The van der Waals surface area contributed by atoms with Gasteiger partial charge in [0, 0.05) is 24.8 Å². The number of aliphatic imine (C=N–C) groups is 1. The van der Waals surface area contributed by atoms with Crippen molar-refractivity contribution in [1.82, 2.24) is 36.9 Å². The summed E-state index contributed by atoms with van der Waals surface area (Å²) in [6.45, 7) is 2.89. The molecule has 4 atom stereocenters. The molecule has 1 aromatic heterocycles. The van der Waals surface area contributed by atoms with Gasteiger partial charge < -0.3 is 48.5 Å². The summed E-state index contributed by atoms with van der Waals surface area (Å²) in [4.78, 5) is 98.4. The Balaban J connectivity index is 1.68. The number of carbonyl (C=O) groups excluding carboxylic acids is 6. The molecule has 0 aliphatic carbocycles. The molecule has 13 N–H and O–H groups in total. The van der Waals surface area contributed by atoms with Gasteiger partial charge in [0.15, 0.2) is 5.96 Å². The molecule has 24 heteroatoms. The van der Waals surface area contributed by atoms with Crippen LogP contribution in [0.1, 0.15) is 68.3 Å². The van der Waals surface area contributed by atoms with Crippen molar-refractivity contribution in [3.63, 3.8) is 0 Å². The van der Waals surface area contributed by atoms with Gasteiger partial charge in [-0.2, -0.15) is 13.5 Å². The van der Waals surface area contributed by atoms with Crippen LogP contribution in [0.2, 0.25) is 0 Å². The maximum atomic E-state index is 13.7. The van der Waals surface area contributed by atoms with Crippen LogP contribution < -0.4 is 48.8 Å². The molecule has 326 valence electrons. The third-order valence-corrected chi connectivity index (χ3v) is 9.65. The molecule has 0 spiro atoms. The molecule has 1 aliphatic rings. The largest absolute Gasteiger partial charge is 0.481 e. The number of amides is 6. The Bertz CT molecular complexity index is 2040. The zero-order chi connectivity index (χ0) is 44.4. The van der Waals surface area contributed by atoms with E-state index in [-0.39, 0.29) is 66.6 Å². The van der Waals surface area contributed by atoms with Crippen LogP contribution in [-0.4, -0.2) is 120 Å². The van der Waals surface area contributed by atoms with E-state index >= 15 is 0 Å². The highest BCUT2D eigenvalue weighted by Crippen LogP contribution is 2.14. The highest BCUT2D eigenvalue weighted by atomic mass is 32.2. The van der Waals surface area contributed by atoms with E-state index in [1.807, 2.05) is 0 Å². The molecule has 3 rings (SSSR count). The molecule has 1 fully saturated rings. The SMILES string of the molecule is CC(C)[C@H]1NC(=O)[C@H](CCCCNC(=O)c2ccc(N/N=C/c3ccccc3S(=O)(=O)O)nc2)NC(=O)[C@H](CC(=O)O)NC(=O)CNC(=O)[C@H](CCCN=C(N)N)NC1=O. The Labute approximate surface area is 345 Å². The molecule has 2 heterocycles. The lowest BCUT2D eigenvalue weighted by molar-refractivity contribution is -0.141. The first-order valence-corrected chi connectivity index (χ1v) is 20.1. The smallest absolute Gasteiger partial charge is 0.305 e. The molecule has 0 saturated carbocycles. The van der Waals surface area contributed by atoms with Gasteiger partial charge in [0.1, 0.15) is 34.9 Å². The normalized spacial score (nSPS) is 19.4. The predicted octanol–water partition coefficient (Wildman–Crippen LogP) is -2.07. The highest BCUT2D eigenvalue weighted by molar-refractivity contribution is 7.86. The molecular formula is C36H50N12O11S. The summed E-state index contributed by atoms with van der Waals surface area (Å²) in [6.07, 6.45) is 2.40. The van der Waals surface area contributed by atoms with Crippen molar-refractivity contribution < 1.29 is 51.6 Å². The van der Waals surface area contributed by atoms with Crippen LogP contribution in [0.3, 0.4) is 0 Å². The summed E-state index contributed by atoms with van der Waals surface area (Å²) in [5, 5.41) is 28.4. The van der Waals surface area contributed by atoms with Crippen LogP contribution in [0.4, 0.5) is 5.82 Å². The molecule has 0 radical (unpaired) electrons. The molecule has 0 bridgehead atoms. The molecule has 1 aromatic carbocycles. The van der Waals surface area contributed by atoms with Crippen LogP contribution in [-0.2, 0) is 38.9 Å². The van der Waals surface area contributed by atoms with Crippen LogP contribution in [0.15, 0.2) is 57.6 Å². The number of carboxylic acid groups (broad SMARTS) is 1. The average molecular weight is 859 g/mol. The van der Waals surface area contributed by atoms with E-state index in [4.69, 9.17) is 11.5 Å². The van der Waals surface area contributed by atoms with Crippen molar-refractivity contribution >= 4 is 69.5 Å². The molecule has 1 saturated heterocycles. The summed E-state index contributed by atoms with van der Waals surface area (Å²) in [6, 6.07) is 3.24. The van der Waals surface area contributed by atoms with Crippen LogP contribution in [0, 0.1) is 5.92 Å². The molecular weight excluding hydrogens is 809 g/mol.